The van der Waals surface area contributed by atoms with Crippen molar-refractivity contribution < 1.29 is 23.6 Å². The van der Waals surface area contributed by atoms with Gasteiger partial charge in [-0.1, -0.05) is 24.9 Å². The Labute approximate surface area is 158 Å². The van der Waals surface area contributed by atoms with Gasteiger partial charge in [0.1, 0.15) is 24.3 Å². The number of amides is 2. The highest BCUT2D eigenvalue weighted by Gasteiger charge is 2.22. The summed E-state index contributed by atoms with van der Waals surface area (Å²) in [7, 11) is 3.03. The molecule has 2 amide bonds. The quantitative estimate of drug-likeness (QED) is 0.642. The van der Waals surface area contributed by atoms with Crippen molar-refractivity contribution in [3.8, 4) is 11.5 Å². The molecule has 1 N–H and O–H groups in total. The van der Waals surface area contributed by atoms with Crippen molar-refractivity contribution in [1.29, 1.82) is 0 Å². The van der Waals surface area contributed by atoms with Crippen LogP contribution in [0.1, 0.15) is 36.5 Å². The third-order valence-corrected chi connectivity index (χ3v) is 4.00. The maximum atomic E-state index is 13.0. The number of nitrogens with one attached hydrogen (secondary N) is 1. The molecule has 1 aromatic heterocycles. The van der Waals surface area contributed by atoms with Gasteiger partial charge in [-0.15, -0.1) is 0 Å². The number of nitrogens with zero attached hydrogens (tertiary/aromatic N) is 2. The average Bonchev–Trinajstić information content (AvgIpc) is 3.19. The molecule has 0 radical (unpaired) electrons. The molecule has 27 heavy (non-hydrogen) atoms. The maximum absolute atomic E-state index is 13.0. The number of ether oxygens (including phenoxy) is 2. The highest BCUT2D eigenvalue weighted by molar-refractivity contribution is 6.00. The van der Waals surface area contributed by atoms with Gasteiger partial charge in [-0.25, -0.2) is 0 Å². The number of carbonyl (C=O) groups excluding carboxylic acids is 2. The second-order valence-corrected chi connectivity index (χ2v) is 5.93. The summed E-state index contributed by atoms with van der Waals surface area (Å²) in [6, 6.07) is 6.51. The molecule has 0 aliphatic heterocycles. The summed E-state index contributed by atoms with van der Waals surface area (Å²) in [5.74, 6) is 0.673. The van der Waals surface area contributed by atoms with E-state index in [0.717, 1.165) is 19.3 Å². The van der Waals surface area contributed by atoms with Gasteiger partial charge in [-0.3, -0.25) is 9.59 Å². The zero-order chi connectivity index (χ0) is 19.6. The first kappa shape index (κ1) is 20.3. The lowest BCUT2D eigenvalue weighted by Crippen LogP contribution is -2.39. The van der Waals surface area contributed by atoms with Crippen molar-refractivity contribution >= 4 is 17.6 Å². The zero-order valence-corrected chi connectivity index (χ0v) is 15.9. The molecule has 0 unspecified atom stereocenters. The van der Waals surface area contributed by atoms with E-state index in [9.17, 15) is 9.59 Å². The average molecular weight is 375 g/mol. The highest BCUT2D eigenvalue weighted by Crippen LogP contribution is 2.26. The second kappa shape index (κ2) is 10.2. The first-order valence-corrected chi connectivity index (χ1v) is 8.80. The van der Waals surface area contributed by atoms with E-state index in [0.29, 0.717) is 29.4 Å². The molecule has 0 spiro atoms. The molecule has 2 aromatic rings. The molecule has 0 atom stereocenters. The SMILES string of the molecule is CCCCCN(CC(=O)Nc1ccon1)C(=O)c1ccc(OC)cc1OC. The molecular weight excluding hydrogens is 350 g/mol. The van der Waals surface area contributed by atoms with E-state index in [4.69, 9.17) is 14.0 Å². The fourth-order valence-corrected chi connectivity index (χ4v) is 2.58. The summed E-state index contributed by atoms with van der Waals surface area (Å²) in [6.07, 6.45) is 4.15. The van der Waals surface area contributed by atoms with Crippen LogP contribution in [-0.4, -0.2) is 49.2 Å². The summed E-state index contributed by atoms with van der Waals surface area (Å²) >= 11 is 0. The van der Waals surface area contributed by atoms with E-state index >= 15 is 0 Å². The maximum Gasteiger partial charge on any atom is 0.258 e. The Hall–Kier alpha value is -3.03. The van der Waals surface area contributed by atoms with Gasteiger partial charge in [0, 0.05) is 18.7 Å². The predicted molar refractivity (Wildman–Crippen MR) is 100 cm³/mol. The summed E-state index contributed by atoms with van der Waals surface area (Å²) in [5.41, 5.74) is 0.379. The topological polar surface area (TPSA) is 93.9 Å². The molecule has 0 aliphatic carbocycles. The molecule has 1 heterocycles. The van der Waals surface area contributed by atoms with Crippen molar-refractivity contribution in [1.82, 2.24) is 10.1 Å². The van der Waals surface area contributed by atoms with Crippen molar-refractivity contribution in [3.63, 3.8) is 0 Å². The summed E-state index contributed by atoms with van der Waals surface area (Å²) in [4.78, 5) is 26.9. The Kier molecular flexibility index (Phi) is 7.66. The Morgan fingerprint density at radius 1 is 1.19 bits per heavy atom. The highest BCUT2D eigenvalue weighted by atomic mass is 16.5. The van der Waals surface area contributed by atoms with Crippen LogP contribution in [-0.2, 0) is 4.79 Å². The Balaban J connectivity index is 2.16. The van der Waals surface area contributed by atoms with Gasteiger partial charge in [0.15, 0.2) is 5.82 Å². The molecule has 1 aromatic carbocycles. The van der Waals surface area contributed by atoms with Crippen LogP contribution < -0.4 is 14.8 Å². The molecule has 8 nitrogen and oxygen atoms in total. The summed E-state index contributed by atoms with van der Waals surface area (Å²) in [5, 5.41) is 6.25. The van der Waals surface area contributed by atoms with Crippen LogP contribution in [0.5, 0.6) is 11.5 Å². The number of methoxy groups -OCH3 is 2. The van der Waals surface area contributed by atoms with E-state index < -0.39 is 0 Å². The van der Waals surface area contributed by atoms with E-state index in [2.05, 4.69) is 17.4 Å². The Morgan fingerprint density at radius 2 is 2.00 bits per heavy atom. The van der Waals surface area contributed by atoms with Crippen molar-refractivity contribution in [3.05, 3.63) is 36.1 Å². The number of unbranched alkanes of at least 4 members (excludes halogenated alkanes) is 2. The van der Waals surface area contributed by atoms with Crippen LogP contribution in [0.2, 0.25) is 0 Å². The monoisotopic (exact) mass is 375 g/mol. The van der Waals surface area contributed by atoms with E-state index in [-0.39, 0.29) is 18.4 Å². The third kappa shape index (κ3) is 5.73. The normalized spacial score (nSPS) is 10.3. The molecule has 0 fully saturated rings. The first-order chi connectivity index (χ1) is 13.1. The molecule has 0 aliphatic rings. The zero-order valence-electron chi connectivity index (χ0n) is 15.9. The summed E-state index contributed by atoms with van der Waals surface area (Å²) < 4.78 is 15.2. The Bertz CT molecular complexity index is 746. The lowest BCUT2D eigenvalue weighted by Gasteiger charge is -2.23. The van der Waals surface area contributed by atoms with Gasteiger partial charge in [-0.05, 0) is 18.6 Å². The largest absolute Gasteiger partial charge is 0.497 e. The van der Waals surface area contributed by atoms with Gasteiger partial charge in [0.25, 0.3) is 5.91 Å². The predicted octanol–water partition coefficient (Wildman–Crippen LogP) is 2.96. The van der Waals surface area contributed by atoms with Crippen LogP contribution in [0.25, 0.3) is 0 Å². The van der Waals surface area contributed by atoms with E-state index in [1.54, 1.807) is 25.3 Å². The lowest BCUT2D eigenvalue weighted by atomic mass is 10.1. The number of carbonyl (C=O) groups is 2. The standard InChI is InChI=1S/C19H25N3O5/c1-4-5-6-10-22(13-18(23)20-17-9-11-27-21-17)19(24)15-8-7-14(25-2)12-16(15)26-3/h7-9,11-12H,4-6,10,13H2,1-3H3,(H,20,21,23). The smallest absolute Gasteiger partial charge is 0.258 e. The first-order valence-electron chi connectivity index (χ1n) is 8.80. The van der Waals surface area contributed by atoms with Crippen LogP contribution in [0.15, 0.2) is 35.1 Å². The van der Waals surface area contributed by atoms with E-state index in [1.807, 2.05) is 0 Å². The number of benzene rings is 1. The Morgan fingerprint density at radius 3 is 2.63 bits per heavy atom. The van der Waals surface area contributed by atoms with Gasteiger partial charge >= 0.3 is 0 Å². The lowest BCUT2D eigenvalue weighted by molar-refractivity contribution is -0.117. The molecule has 8 heteroatoms. The van der Waals surface area contributed by atoms with Crippen LogP contribution in [0.3, 0.4) is 0 Å². The van der Waals surface area contributed by atoms with Gasteiger partial charge in [0.05, 0.1) is 19.8 Å². The minimum atomic E-state index is -0.346. The minimum Gasteiger partial charge on any atom is -0.497 e. The van der Waals surface area contributed by atoms with Crippen molar-refractivity contribution in [2.45, 2.75) is 26.2 Å². The fraction of sp³-hybridized carbons (Fsp3) is 0.421. The van der Waals surface area contributed by atoms with Crippen LogP contribution in [0, 0.1) is 0 Å². The van der Waals surface area contributed by atoms with Gasteiger partial charge in [-0.2, -0.15) is 0 Å². The molecule has 0 saturated carbocycles. The van der Waals surface area contributed by atoms with Crippen molar-refractivity contribution in [2.75, 3.05) is 32.6 Å². The van der Waals surface area contributed by atoms with Gasteiger partial charge in [0.2, 0.25) is 5.91 Å². The number of anilines is 1. The molecule has 146 valence electrons. The molecule has 2 rings (SSSR count). The fourth-order valence-electron chi connectivity index (χ4n) is 2.58. The third-order valence-electron chi connectivity index (χ3n) is 4.00. The van der Waals surface area contributed by atoms with Crippen LogP contribution in [0.4, 0.5) is 5.82 Å². The number of aromatic nitrogens is 1. The number of hydrogen-bond acceptors (Lipinski definition) is 6. The summed E-state index contributed by atoms with van der Waals surface area (Å²) in [6.45, 7) is 2.45. The molecule has 0 bridgehead atoms. The number of rotatable bonds is 10. The minimum absolute atomic E-state index is 0.0927. The second-order valence-electron chi connectivity index (χ2n) is 5.93. The van der Waals surface area contributed by atoms with Crippen LogP contribution >= 0.6 is 0 Å². The molecule has 0 saturated heterocycles. The van der Waals surface area contributed by atoms with E-state index in [1.165, 1.54) is 24.3 Å². The van der Waals surface area contributed by atoms with Gasteiger partial charge < -0.3 is 24.2 Å². The number of hydrogen-bond donors (Lipinski definition) is 1. The molecular formula is C19H25N3O5. The van der Waals surface area contributed by atoms with Crippen molar-refractivity contribution in [2.24, 2.45) is 0 Å².